The number of hydrogen-bond donors (Lipinski definition) is 0. The SMILES string of the molecule is CCCCC/C=C\CC=CCCCCCCCCCC(CCCCCC)N(C)C. The highest BCUT2D eigenvalue weighted by atomic mass is 15.1. The van der Waals surface area contributed by atoms with Crippen LogP contribution in [0.25, 0.3) is 0 Å². The summed E-state index contributed by atoms with van der Waals surface area (Å²) in [6, 6.07) is 0.810. The summed E-state index contributed by atoms with van der Waals surface area (Å²) in [6.07, 6.45) is 35.5. The molecule has 0 aliphatic carbocycles. The van der Waals surface area contributed by atoms with Crippen LogP contribution < -0.4 is 0 Å². The van der Waals surface area contributed by atoms with Crippen molar-refractivity contribution in [3.05, 3.63) is 24.3 Å². The van der Waals surface area contributed by atoms with Crippen LogP contribution in [-0.2, 0) is 0 Å². The van der Waals surface area contributed by atoms with Gasteiger partial charge in [-0.05, 0) is 59.0 Å². The Balaban J connectivity index is 3.41. The van der Waals surface area contributed by atoms with E-state index in [9.17, 15) is 0 Å². The summed E-state index contributed by atoms with van der Waals surface area (Å²) in [5, 5.41) is 0. The number of hydrogen-bond acceptors (Lipinski definition) is 1. The van der Waals surface area contributed by atoms with E-state index >= 15 is 0 Å². The molecule has 0 bridgehead atoms. The Labute approximate surface area is 185 Å². The summed E-state index contributed by atoms with van der Waals surface area (Å²) >= 11 is 0. The molecule has 0 amide bonds. The zero-order chi connectivity index (χ0) is 21.4. The van der Waals surface area contributed by atoms with Crippen molar-refractivity contribution in [2.75, 3.05) is 14.1 Å². The number of unbranched alkanes of at least 4 members (excludes halogenated alkanes) is 13. The minimum atomic E-state index is 0.810. The quantitative estimate of drug-likeness (QED) is 0.128. The minimum absolute atomic E-state index is 0.810. The van der Waals surface area contributed by atoms with Crippen molar-refractivity contribution in [3.8, 4) is 0 Å². The Bertz CT molecular complexity index is 355. The molecule has 0 rings (SSSR count). The highest BCUT2D eigenvalue weighted by Crippen LogP contribution is 2.17. The molecule has 0 saturated heterocycles. The van der Waals surface area contributed by atoms with Crippen LogP contribution in [0.2, 0.25) is 0 Å². The third-order valence-corrected chi connectivity index (χ3v) is 6.11. The van der Waals surface area contributed by atoms with Crippen LogP contribution in [0.5, 0.6) is 0 Å². The van der Waals surface area contributed by atoms with Crippen LogP contribution in [0.3, 0.4) is 0 Å². The molecule has 0 aromatic heterocycles. The van der Waals surface area contributed by atoms with Crippen molar-refractivity contribution < 1.29 is 0 Å². The van der Waals surface area contributed by atoms with E-state index in [2.05, 4.69) is 57.1 Å². The number of rotatable bonds is 22. The average molecular weight is 406 g/mol. The van der Waals surface area contributed by atoms with Crippen LogP contribution in [-0.4, -0.2) is 25.0 Å². The number of allylic oxidation sites excluding steroid dienone is 4. The van der Waals surface area contributed by atoms with Crippen LogP contribution >= 0.6 is 0 Å². The zero-order valence-corrected chi connectivity index (χ0v) is 20.8. The van der Waals surface area contributed by atoms with Gasteiger partial charge in [0.25, 0.3) is 0 Å². The van der Waals surface area contributed by atoms with Gasteiger partial charge < -0.3 is 4.90 Å². The smallest absolute Gasteiger partial charge is 0.00891 e. The van der Waals surface area contributed by atoms with E-state index in [4.69, 9.17) is 0 Å². The van der Waals surface area contributed by atoms with Crippen molar-refractivity contribution in [1.82, 2.24) is 4.90 Å². The van der Waals surface area contributed by atoms with Gasteiger partial charge in [0.15, 0.2) is 0 Å². The fraction of sp³-hybridized carbons (Fsp3) is 0.857. The fourth-order valence-electron chi connectivity index (χ4n) is 4.01. The predicted molar refractivity (Wildman–Crippen MR) is 135 cm³/mol. The molecular formula is C28H55N. The molecule has 0 radical (unpaired) electrons. The molecule has 29 heavy (non-hydrogen) atoms. The second-order valence-corrected chi connectivity index (χ2v) is 9.19. The molecular weight excluding hydrogens is 350 g/mol. The molecule has 0 heterocycles. The molecule has 1 atom stereocenters. The van der Waals surface area contributed by atoms with Crippen LogP contribution in [0, 0.1) is 0 Å². The van der Waals surface area contributed by atoms with E-state index in [0.29, 0.717) is 0 Å². The third kappa shape index (κ3) is 22.0. The van der Waals surface area contributed by atoms with Crippen molar-refractivity contribution >= 4 is 0 Å². The number of nitrogens with zero attached hydrogens (tertiary/aromatic N) is 1. The zero-order valence-electron chi connectivity index (χ0n) is 20.8. The van der Waals surface area contributed by atoms with Gasteiger partial charge in [-0.2, -0.15) is 0 Å². The largest absolute Gasteiger partial charge is 0.306 e. The van der Waals surface area contributed by atoms with Gasteiger partial charge in [-0.15, -0.1) is 0 Å². The fourth-order valence-corrected chi connectivity index (χ4v) is 4.01. The molecule has 1 unspecified atom stereocenters. The second-order valence-electron chi connectivity index (χ2n) is 9.19. The first kappa shape index (κ1) is 28.4. The topological polar surface area (TPSA) is 3.24 Å². The van der Waals surface area contributed by atoms with Crippen molar-refractivity contribution in [2.24, 2.45) is 0 Å². The maximum absolute atomic E-state index is 2.46. The Hall–Kier alpha value is -0.560. The van der Waals surface area contributed by atoms with Crippen molar-refractivity contribution in [1.29, 1.82) is 0 Å². The molecule has 0 aliphatic heterocycles. The maximum atomic E-state index is 2.46. The molecule has 1 heteroatoms. The summed E-state index contributed by atoms with van der Waals surface area (Å²) < 4.78 is 0. The Morgan fingerprint density at radius 2 is 0.931 bits per heavy atom. The Morgan fingerprint density at radius 1 is 0.517 bits per heavy atom. The van der Waals surface area contributed by atoms with Gasteiger partial charge in [-0.25, -0.2) is 0 Å². The molecule has 172 valence electrons. The first-order valence-corrected chi connectivity index (χ1v) is 13.2. The van der Waals surface area contributed by atoms with Crippen LogP contribution in [0.15, 0.2) is 24.3 Å². The Kier molecular flexibility index (Phi) is 23.3. The predicted octanol–water partition coefficient (Wildman–Crippen LogP) is 9.48. The normalized spacial score (nSPS) is 13.3. The summed E-state index contributed by atoms with van der Waals surface area (Å²) in [5.74, 6) is 0. The minimum Gasteiger partial charge on any atom is -0.306 e. The van der Waals surface area contributed by atoms with Gasteiger partial charge >= 0.3 is 0 Å². The van der Waals surface area contributed by atoms with Gasteiger partial charge in [-0.3, -0.25) is 0 Å². The second kappa shape index (κ2) is 23.7. The highest BCUT2D eigenvalue weighted by Gasteiger charge is 2.10. The Morgan fingerprint density at radius 3 is 1.45 bits per heavy atom. The average Bonchev–Trinajstić information content (AvgIpc) is 2.71. The summed E-state index contributed by atoms with van der Waals surface area (Å²) in [4.78, 5) is 2.46. The van der Waals surface area contributed by atoms with Gasteiger partial charge in [0.05, 0.1) is 0 Å². The lowest BCUT2D eigenvalue weighted by molar-refractivity contribution is 0.251. The molecule has 1 nitrogen and oxygen atoms in total. The lowest BCUT2D eigenvalue weighted by Crippen LogP contribution is -2.27. The van der Waals surface area contributed by atoms with Gasteiger partial charge in [0, 0.05) is 6.04 Å². The standard InChI is InChI=1S/C28H55N/c1-5-7-9-11-12-13-14-15-16-17-18-19-20-21-22-23-25-27-28(29(3)4)26-24-10-8-6-2/h12-13,15-16,28H,5-11,14,17-27H2,1-4H3/b13-12-,16-15?. The van der Waals surface area contributed by atoms with E-state index in [0.717, 1.165) is 12.5 Å². The van der Waals surface area contributed by atoms with E-state index < -0.39 is 0 Å². The van der Waals surface area contributed by atoms with Crippen LogP contribution in [0.4, 0.5) is 0 Å². The first-order valence-electron chi connectivity index (χ1n) is 13.2. The van der Waals surface area contributed by atoms with E-state index in [1.54, 1.807) is 0 Å². The highest BCUT2D eigenvalue weighted by molar-refractivity contribution is 4.92. The third-order valence-electron chi connectivity index (χ3n) is 6.11. The summed E-state index contributed by atoms with van der Waals surface area (Å²) in [7, 11) is 4.53. The monoisotopic (exact) mass is 405 g/mol. The maximum Gasteiger partial charge on any atom is 0.00891 e. The van der Waals surface area contributed by atoms with Gasteiger partial charge in [0.1, 0.15) is 0 Å². The van der Waals surface area contributed by atoms with E-state index in [1.807, 2.05) is 0 Å². The van der Waals surface area contributed by atoms with E-state index in [-0.39, 0.29) is 0 Å². The lowest BCUT2D eigenvalue weighted by Gasteiger charge is -2.24. The molecule has 0 saturated carbocycles. The molecule has 0 spiro atoms. The van der Waals surface area contributed by atoms with Crippen molar-refractivity contribution in [3.63, 3.8) is 0 Å². The summed E-state index contributed by atoms with van der Waals surface area (Å²) in [5.41, 5.74) is 0. The van der Waals surface area contributed by atoms with Crippen molar-refractivity contribution in [2.45, 2.75) is 142 Å². The summed E-state index contributed by atoms with van der Waals surface area (Å²) in [6.45, 7) is 4.57. The molecule has 0 aliphatic rings. The molecule has 0 fully saturated rings. The van der Waals surface area contributed by atoms with Crippen LogP contribution in [0.1, 0.15) is 136 Å². The van der Waals surface area contributed by atoms with E-state index in [1.165, 1.54) is 116 Å². The molecule has 0 aromatic carbocycles. The molecule has 0 N–H and O–H groups in total. The van der Waals surface area contributed by atoms with Gasteiger partial charge in [0.2, 0.25) is 0 Å². The molecule has 0 aromatic rings. The lowest BCUT2D eigenvalue weighted by atomic mass is 9.99. The first-order chi connectivity index (χ1) is 14.2. The van der Waals surface area contributed by atoms with Gasteiger partial charge in [-0.1, -0.05) is 115 Å².